The van der Waals surface area contributed by atoms with E-state index in [0.29, 0.717) is 12.5 Å². The highest BCUT2D eigenvalue weighted by atomic mass is 32.1. The summed E-state index contributed by atoms with van der Waals surface area (Å²) < 4.78 is 0. The number of nitrogens with two attached hydrogens (primary N) is 1. The second-order valence-electron chi connectivity index (χ2n) is 4.07. The molecule has 0 atom stereocenters. The van der Waals surface area contributed by atoms with Gasteiger partial charge in [0, 0.05) is 12.2 Å². The molecule has 1 aromatic carbocycles. The summed E-state index contributed by atoms with van der Waals surface area (Å²) in [5.41, 5.74) is 7.88. The molecule has 1 aromatic heterocycles. The van der Waals surface area contributed by atoms with E-state index in [1.807, 2.05) is 12.1 Å². The fraction of sp³-hybridized carbons (Fsp3) is 0.333. The normalized spacial score (nSPS) is 10.8. The van der Waals surface area contributed by atoms with E-state index >= 15 is 0 Å². The van der Waals surface area contributed by atoms with Gasteiger partial charge >= 0.3 is 0 Å². The monoisotopic (exact) mass is 248 g/mol. The molecule has 0 aliphatic heterocycles. The van der Waals surface area contributed by atoms with Crippen LogP contribution in [0.1, 0.15) is 30.3 Å². The van der Waals surface area contributed by atoms with Crippen molar-refractivity contribution in [3.05, 3.63) is 34.8 Å². The number of hydrogen-bond donors (Lipinski definition) is 2. The molecule has 0 saturated carbocycles. The number of aromatic nitrogens is 2. The molecule has 1 heterocycles. The Labute approximate surface area is 105 Å². The summed E-state index contributed by atoms with van der Waals surface area (Å²) in [6, 6.07) is 8.24. The quantitative estimate of drug-likeness (QED) is 0.873. The van der Waals surface area contributed by atoms with Crippen LogP contribution in [0.5, 0.6) is 0 Å². The van der Waals surface area contributed by atoms with Crippen LogP contribution >= 0.6 is 11.3 Å². The highest BCUT2D eigenvalue weighted by Gasteiger charge is 2.08. The summed E-state index contributed by atoms with van der Waals surface area (Å²) in [6.07, 6.45) is 0. The first kappa shape index (κ1) is 12.0. The van der Waals surface area contributed by atoms with Gasteiger partial charge in [0.1, 0.15) is 5.01 Å². The van der Waals surface area contributed by atoms with E-state index in [1.54, 1.807) is 0 Å². The van der Waals surface area contributed by atoms with Crippen LogP contribution in [0.15, 0.2) is 24.3 Å². The maximum absolute atomic E-state index is 5.51. The Morgan fingerprint density at radius 1 is 1.29 bits per heavy atom. The Kier molecular flexibility index (Phi) is 3.71. The zero-order valence-electron chi connectivity index (χ0n) is 9.97. The smallest absolute Gasteiger partial charge is 0.210 e. The number of hydrogen-bond acceptors (Lipinski definition) is 5. The molecule has 3 N–H and O–H groups in total. The van der Waals surface area contributed by atoms with Gasteiger partial charge in [0.05, 0.1) is 0 Å². The lowest BCUT2D eigenvalue weighted by Crippen LogP contribution is -1.97. The SMILES string of the molecule is CC(C)c1ccccc1Nc1nnc(CN)s1. The van der Waals surface area contributed by atoms with Crippen LogP contribution in [0.2, 0.25) is 0 Å². The number of nitrogens with zero attached hydrogens (tertiary/aromatic N) is 2. The predicted octanol–water partition coefficient (Wildman–Crippen LogP) is 2.86. The standard InChI is InChI=1S/C12H16N4S/c1-8(2)9-5-3-4-6-10(9)14-12-16-15-11(7-13)17-12/h3-6,8H,7,13H2,1-2H3,(H,14,16). The minimum Gasteiger partial charge on any atom is -0.330 e. The van der Waals surface area contributed by atoms with E-state index in [1.165, 1.54) is 16.9 Å². The van der Waals surface area contributed by atoms with Crippen molar-refractivity contribution in [2.75, 3.05) is 5.32 Å². The van der Waals surface area contributed by atoms with Crippen LogP contribution in [-0.4, -0.2) is 10.2 Å². The molecule has 0 bridgehead atoms. The first-order valence-electron chi connectivity index (χ1n) is 5.59. The molecule has 0 aliphatic carbocycles. The molecule has 0 unspecified atom stereocenters. The lowest BCUT2D eigenvalue weighted by molar-refractivity contribution is 0.868. The third-order valence-electron chi connectivity index (χ3n) is 2.47. The molecule has 0 spiro atoms. The largest absolute Gasteiger partial charge is 0.330 e. The fourth-order valence-electron chi connectivity index (χ4n) is 1.62. The van der Waals surface area contributed by atoms with Crippen molar-refractivity contribution in [2.24, 2.45) is 5.73 Å². The maximum Gasteiger partial charge on any atom is 0.210 e. The number of anilines is 2. The highest BCUT2D eigenvalue weighted by molar-refractivity contribution is 7.15. The van der Waals surface area contributed by atoms with E-state index in [9.17, 15) is 0 Å². The van der Waals surface area contributed by atoms with Crippen LogP contribution < -0.4 is 11.1 Å². The average molecular weight is 248 g/mol. The molecule has 0 aliphatic rings. The van der Waals surface area contributed by atoms with E-state index < -0.39 is 0 Å². The number of para-hydroxylation sites is 1. The third kappa shape index (κ3) is 2.81. The van der Waals surface area contributed by atoms with Crippen molar-refractivity contribution in [3.8, 4) is 0 Å². The van der Waals surface area contributed by atoms with E-state index in [0.717, 1.165) is 15.8 Å². The second-order valence-corrected chi connectivity index (χ2v) is 5.13. The Morgan fingerprint density at radius 2 is 2.06 bits per heavy atom. The van der Waals surface area contributed by atoms with Gasteiger partial charge in [0.2, 0.25) is 5.13 Å². The molecular weight excluding hydrogens is 232 g/mol. The van der Waals surface area contributed by atoms with Gasteiger partial charge in [-0.1, -0.05) is 43.4 Å². The van der Waals surface area contributed by atoms with Crippen molar-refractivity contribution in [1.82, 2.24) is 10.2 Å². The van der Waals surface area contributed by atoms with E-state index in [4.69, 9.17) is 5.73 Å². The summed E-state index contributed by atoms with van der Waals surface area (Å²) >= 11 is 1.49. The van der Waals surface area contributed by atoms with Gasteiger partial charge in [0.25, 0.3) is 0 Å². The van der Waals surface area contributed by atoms with Gasteiger partial charge < -0.3 is 11.1 Å². The van der Waals surface area contributed by atoms with Crippen molar-refractivity contribution in [2.45, 2.75) is 26.3 Å². The summed E-state index contributed by atoms with van der Waals surface area (Å²) in [4.78, 5) is 0. The topological polar surface area (TPSA) is 63.8 Å². The fourth-order valence-corrected chi connectivity index (χ4v) is 2.25. The zero-order valence-corrected chi connectivity index (χ0v) is 10.8. The zero-order chi connectivity index (χ0) is 12.3. The third-order valence-corrected chi connectivity index (χ3v) is 3.33. The maximum atomic E-state index is 5.51. The van der Waals surface area contributed by atoms with Crippen LogP contribution in [0.3, 0.4) is 0 Å². The molecular formula is C12H16N4S. The molecule has 2 aromatic rings. The van der Waals surface area contributed by atoms with Gasteiger partial charge in [-0.15, -0.1) is 10.2 Å². The number of nitrogens with one attached hydrogen (secondary N) is 1. The summed E-state index contributed by atoms with van der Waals surface area (Å²) in [5, 5.41) is 13.0. The van der Waals surface area contributed by atoms with Crippen molar-refractivity contribution < 1.29 is 0 Å². The van der Waals surface area contributed by atoms with Gasteiger partial charge in [-0.25, -0.2) is 0 Å². The van der Waals surface area contributed by atoms with Crippen LogP contribution in [-0.2, 0) is 6.54 Å². The molecule has 5 heteroatoms. The van der Waals surface area contributed by atoms with Crippen LogP contribution in [0.25, 0.3) is 0 Å². The first-order chi connectivity index (χ1) is 8.20. The Balaban J connectivity index is 2.23. The highest BCUT2D eigenvalue weighted by Crippen LogP contribution is 2.27. The first-order valence-corrected chi connectivity index (χ1v) is 6.40. The molecule has 0 radical (unpaired) electrons. The summed E-state index contributed by atoms with van der Waals surface area (Å²) in [7, 11) is 0. The Hall–Kier alpha value is -1.46. The molecule has 0 saturated heterocycles. The molecule has 0 amide bonds. The van der Waals surface area contributed by atoms with Gasteiger partial charge in [-0.2, -0.15) is 0 Å². The average Bonchev–Trinajstić information content (AvgIpc) is 2.77. The minimum atomic E-state index is 0.436. The van der Waals surface area contributed by atoms with E-state index in [-0.39, 0.29) is 0 Å². The Bertz CT molecular complexity index is 493. The van der Waals surface area contributed by atoms with Gasteiger partial charge in [0.15, 0.2) is 0 Å². The molecule has 0 fully saturated rings. The lowest BCUT2D eigenvalue weighted by Gasteiger charge is -2.12. The van der Waals surface area contributed by atoms with Gasteiger partial charge in [-0.05, 0) is 17.5 Å². The lowest BCUT2D eigenvalue weighted by atomic mass is 10.0. The number of benzene rings is 1. The predicted molar refractivity (Wildman–Crippen MR) is 71.6 cm³/mol. The molecule has 90 valence electrons. The van der Waals surface area contributed by atoms with Crippen molar-refractivity contribution in [1.29, 1.82) is 0 Å². The summed E-state index contributed by atoms with van der Waals surface area (Å²) in [6.45, 7) is 4.78. The molecule has 2 rings (SSSR count). The van der Waals surface area contributed by atoms with Crippen LogP contribution in [0, 0.1) is 0 Å². The van der Waals surface area contributed by atoms with Crippen LogP contribution in [0.4, 0.5) is 10.8 Å². The van der Waals surface area contributed by atoms with Gasteiger partial charge in [-0.3, -0.25) is 0 Å². The number of rotatable bonds is 4. The van der Waals surface area contributed by atoms with Crippen molar-refractivity contribution >= 4 is 22.2 Å². The van der Waals surface area contributed by atoms with E-state index in [2.05, 4.69) is 41.5 Å². The Morgan fingerprint density at radius 3 is 2.71 bits per heavy atom. The molecule has 4 nitrogen and oxygen atoms in total. The molecule has 17 heavy (non-hydrogen) atoms. The minimum absolute atomic E-state index is 0.436. The second kappa shape index (κ2) is 5.25. The summed E-state index contributed by atoms with van der Waals surface area (Å²) in [5.74, 6) is 0.473. The van der Waals surface area contributed by atoms with Crippen molar-refractivity contribution in [3.63, 3.8) is 0 Å².